The van der Waals surface area contributed by atoms with E-state index in [-0.39, 0.29) is 17.7 Å². The van der Waals surface area contributed by atoms with Crippen LogP contribution in [-0.2, 0) is 9.59 Å². The Balaban J connectivity index is 1.35. The topological polar surface area (TPSA) is 69.7 Å². The first kappa shape index (κ1) is 19.3. The van der Waals surface area contributed by atoms with Gasteiger partial charge in [0.15, 0.2) is 0 Å². The molecule has 3 aliphatic rings. The maximum absolute atomic E-state index is 12.9. The SMILES string of the molecule is O=C1CCSc2ccc(C(=O)N3CCN(C(=O)CC4CCCC4)CC3)cc2N1. The third-order valence-electron chi connectivity index (χ3n) is 5.94. The van der Waals surface area contributed by atoms with Gasteiger partial charge in [-0.05, 0) is 37.0 Å². The molecule has 1 saturated carbocycles. The summed E-state index contributed by atoms with van der Waals surface area (Å²) in [6, 6.07) is 5.54. The number of benzene rings is 1. The molecule has 2 heterocycles. The van der Waals surface area contributed by atoms with Crippen molar-refractivity contribution >= 4 is 35.2 Å². The zero-order valence-corrected chi connectivity index (χ0v) is 16.9. The highest BCUT2D eigenvalue weighted by atomic mass is 32.2. The molecule has 0 aromatic heterocycles. The molecule has 2 fully saturated rings. The standard InChI is InChI=1S/C21H27N3O3S/c25-19-7-12-28-18-6-5-16(14-17(18)22-19)21(27)24-10-8-23(9-11-24)20(26)13-15-3-1-2-4-15/h5-6,14-15H,1-4,7-13H2,(H,22,25). The number of amides is 3. The normalized spacial score (nSPS) is 20.5. The Hall–Kier alpha value is -2.02. The third-order valence-corrected chi connectivity index (χ3v) is 7.02. The van der Waals surface area contributed by atoms with Gasteiger partial charge in [0.05, 0.1) is 5.69 Å². The van der Waals surface area contributed by atoms with E-state index < -0.39 is 0 Å². The van der Waals surface area contributed by atoms with Crippen LogP contribution in [0.2, 0.25) is 0 Å². The van der Waals surface area contributed by atoms with Gasteiger partial charge in [0.25, 0.3) is 5.91 Å². The number of piperazine rings is 1. The van der Waals surface area contributed by atoms with Crippen LogP contribution in [0.5, 0.6) is 0 Å². The molecular weight excluding hydrogens is 374 g/mol. The smallest absolute Gasteiger partial charge is 0.254 e. The largest absolute Gasteiger partial charge is 0.339 e. The molecule has 1 aliphatic carbocycles. The first-order chi connectivity index (χ1) is 13.6. The Morgan fingerprint density at radius 2 is 1.79 bits per heavy atom. The third kappa shape index (κ3) is 4.35. The van der Waals surface area contributed by atoms with Crippen LogP contribution in [0.15, 0.2) is 23.1 Å². The summed E-state index contributed by atoms with van der Waals surface area (Å²) in [5.74, 6) is 1.51. The molecule has 1 aromatic carbocycles. The Morgan fingerprint density at radius 1 is 1.07 bits per heavy atom. The zero-order valence-electron chi connectivity index (χ0n) is 16.1. The second-order valence-electron chi connectivity index (χ2n) is 7.89. The highest BCUT2D eigenvalue weighted by molar-refractivity contribution is 7.99. The highest BCUT2D eigenvalue weighted by Gasteiger charge is 2.27. The molecule has 0 unspecified atom stereocenters. The first-order valence-electron chi connectivity index (χ1n) is 10.2. The summed E-state index contributed by atoms with van der Waals surface area (Å²) in [6.45, 7) is 2.34. The van der Waals surface area contributed by atoms with Crippen molar-refractivity contribution in [2.24, 2.45) is 5.92 Å². The minimum Gasteiger partial charge on any atom is -0.339 e. The molecule has 7 heteroatoms. The van der Waals surface area contributed by atoms with Gasteiger partial charge in [-0.1, -0.05) is 12.8 Å². The minimum atomic E-state index is -0.0332. The Bertz CT molecular complexity index is 768. The predicted octanol–water partition coefficient (Wildman–Crippen LogP) is 2.99. The molecule has 1 aromatic rings. The number of anilines is 1. The van der Waals surface area contributed by atoms with E-state index in [1.807, 2.05) is 21.9 Å². The van der Waals surface area contributed by atoms with Crippen molar-refractivity contribution in [2.75, 3.05) is 37.2 Å². The van der Waals surface area contributed by atoms with E-state index in [4.69, 9.17) is 0 Å². The van der Waals surface area contributed by atoms with E-state index in [0.717, 1.165) is 16.3 Å². The van der Waals surface area contributed by atoms with Crippen molar-refractivity contribution in [1.29, 1.82) is 0 Å². The molecule has 0 radical (unpaired) electrons. The fraction of sp³-hybridized carbons (Fsp3) is 0.571. The first-order valence-corrected chi connectivity index (χ1v) is 11.2. The van der Waals surface area contributed by atoms with Crippen molar-refractivity contribution in [3.05, 3.63) is 23.8 Å². The summed E-state index contributed by atoms with van der Waals surface area (Å²) in [4.78, 5) is 41.9. The van der Waals surface area contributed by atoms with Gasteiger partial charge in [-0.3, -0.25) is 14.4 Å². The molecule has 1 N–H and O–H groups in total. The molecule has 0 spiro atoms. The van der Waals surface area contributed by atoms with E-state index in [0.29, 0.717) is 50.5 Å². The number of hydrogen-bond donors (Lipinski definition) is 1. The van der Waals surface area contributed by atoms with Gasteiger partial charge in [0.2, 0.25) is 11.8 Å². The van der Waals surface area contributed by atoms with Crippen LogP contribution in [0, 0.1) is 5.92 Å². The number of thioether (sulfide) groups is 1. The van der Waals surface area contributed by atoms with Crippen molar-refractivity contribution in [3.63, 3.8) is 0 Å². The average molecular weight is 402 g/mol. The molecule has 6 nitrogen and oxygen atoms in total. The molecule has 3 amide bonds. The average Bonchev–Trinajstić information content (AvgIpc) is 3.14. The summed E-state index contributed by atoms with van der Waals surface area (Å²) in [6.07, 6.45) is 6.00. The van der Waals surface area contributed by atoms with Gasteiger partial charge >= 0.3 is 0 Å². The Labute approximate surface area is 170 Å². The maximum Gasteiger partial charge on any atom is 0.254 e. The molecule has 1 saturated heterocycles. The van der Waals surface area contributed by atoms with Crippen molar-refractivity contribution in [3.8, 4) is 0 Å². The number of rotatable bonds is 3. The van der Waals surface area contributed by atoms with Crippen molar-refractivity contribution < 1.29 is 14.4 Å². The number of fused-ring (bicyclic) bond motifs is 1. The second-order valence-corrected chi connectivity index (χ2v) is 9.02. The minimum absolute atomic E-state index is 0.00904. The van der Waals surface area contributed by atoms with Gasteiger partial charge in [0.1, 0.15) is 0 Å². The molecule has 2 aliphatic heterocycles. The number of carbonyl (C=O) groups excluding carboxylic acids is 3. The highest BCUT2D eigenvalue weighted by Crippen LogP contribution is 2.32. The van der Waals surface area contributed by atoms with Gasteiger partial charge in [-0.2, -0.15) is 0 Å². The fourth-order valence-electron chi connectivity index (χ4n) is 4.29. The maximum atomic E-state index is 12.9. The summed E-state index contributed by atoms with van der Waals surface area (Å²) in [5.41, 5.74) is 1.32. The van der Waals surface area contributed by atoms with Gasteiger partial charge in [0, 0.05) is 55.2 Å². The van der Waals surface area contributed by atoms with Crippen LogP contribution in [0.4, 0.5) is 5.69 Å². The molecule has 4 rings (SSSR count). The fourth-order valence-corrected chi connectivity index (χ4v) is 5.22. The lowest BCUT2D eigenvalue weighted by Crippen LogP contribution is -2.50. The number of nitrogens with zero attached hydrogens (tertiary/aromatic N) is 2. The summed E-state index contributed by atoms with van der Waals surface area (Å²) < 4.78 is 0. The van der Waals surface area contributed by atoms with Gasteiger partial charge < -0.3 is 15.1 Å². The van der Waals surface area contributed by atoms with Crippen LogP contribution in [0.25, 0.3) is 0 Å². The number of hydrogen-bond acceptors (Lipinski definition) is 4. The van der Waals surface area contributed by atoms with E-state index in [2.05, 4.69) is 5.32 Å². The summed E-state index contributed by atoms with van der Waals surface area (Å²) in [7, 11) is 0. The lowest BCUT2D eigenvalue weighted by Gasteiger charge is -2.35. The number of carbonyl (C=O) groups is 3. The Kier molecular flexibility index (Phi) is 5.90. The van der Waals surface area contributed by atoms with E-state index >= 15 is 0 Å². The van der Waals surface area contributed by atoms with E-state index in [1.54, 1.807) is 17.8 Å². The lowest BCUT2D eigenvalue weighted by atomic mass is 10.0. The Morgan fingerprint density at radius 3 is 2.54 bits per heavy atom. The van der Waals surface area contributed by atoms with E-state index in [1.165, 1.54) is 25.7 Å². The monoisotopic (exact) mass is 401 g/mol. The predicted molar refractivity (Wildman–Crippen MR) is 109 cm³/mol. The molecular formula is C21H27N3O3S. The van der Waals surface area contributed by atoms with Crippen LogP contribution in [-0.4, -0.2) is 59.5 Å². The van der Waals surface area contributed by atoms with Crippen LogP contribution < -0.4 is 5.32 Å². The van der Waals surface area contributed by atoms with Crippen molar-refractivity contribution in [2.45, 2.75) is 43.4 Å². The van der Waals surface area contributed by atoms with Crippen molar-refractivity contribution in [1.82, 2.24) is 9.80 Å². The number of nitrogens with one attached hydrogen (secondary N) is 1. The van der Waals surface area contributed by atoms with Crippen LogP contribution in [0.3, 0.4) is 0 Å². The van der Waals surface area contributed by atoms with Gasteiger partial charge in [-0.25, -0.2) is 0 Å². The van der Waals surface area contributed by atoms with Gasteiger partial charge in [-0.15, -0.1) is 11.8 Å². The van der Waals surface area contributed by atoms with E-state index in [9.17, 15) is 14.4 Å². The lowest BCUT2D eigenvalue weighted by molar-refractivity contribution is -0.133. The summed E-state index contributed by atoms with van der Waals surface area (Å²) in [5, 5.41) is 2.89. The molecule has 0 bridgehead atoms. The molecule has 28 heavy (non-hydrogen) atoms. The zero-order chi connectivity index (χ0) is 19.5. The molecule has 150 valence electrons. The quantitative estimate of drug-likeness (QED) is 0.845. The van der Waals surface area contributed by atoms with Crippen LogP contribution in [0.1, 0.15) is 48.9 Å². The molecule has 0 atom stereocenters. The van der Waals surface area contributed by atoms with Crippen LogP contribution >= 0.6 is 11.8 Å². The summed E-state index contributed by atoms with van der Waals surface area (Å²) >= 11 is 1.63. The second kappa shape index (κ2) is 8.55.